The molecule has 1 aromatic rings. The summed E-state index contributed by atoms with van der Waals surface area (Å²) in [6, 6.07) is 0.260. The fourth-order valence-corrected chi connectivity index (χ4v) is 2.31. The first kappa shape index (κ1) is 17.5. The molecule has 0 aliphatic carbocycles. The second-order valence-electron chi connectivity index (χ2n) is 4.86. The molecule has 2 N–H and O–H groups in total. The molecule has 1 amide bonds. The Hall–Kier alpha value is -1.55. The third-order valence-corrected chi connectivity index (χ3v) is 3.64. The summed E-state index contributed by atoms with van der Waals surface area (Å²) in [5.74, 6) is -0.917. The lowest BCUT2D eigenvalue weighted by Crippen LogP contribution is -2.43. The summed E-state index contributed by atoms with van der Waals surface area (Å²) < 4.78 is 61.1. The maximum absolute atomic E-state index is 12.5. The topological polar surface area (TPSA) is 85.4 Å². The lowest BCUT2D eigenvalue weighted by Gasteiger charge is -2.27. The van der Waals surface area contributed by atoms with Gasteiger partial charge in [0.2, 0.25) is 10.0 Å². The van der Waals surface area contributed by atoms with Crippen LogP contribution in [0.5, 0.6) is 0 Å². The van der Waals surface area contributed by atoms with E-state index in [9.17, 15) is 26.4 Å². The van der Waals surface area contributed by atoms with Gasteiger partial charge in [-0.25, -0.2) is 13.6 Å². The summed E-state index contributed by atoms with van der Waals surface area (Å²) in [5, 5.41) is 4.93. The fourth-order valence-electron chi connectivity index (χ4n) is 1.73. The van der Waals surface area contributed by atoms with Crippen LogP contribution in [0.2, 0.25) is 0 Å². The quantitative estimate of drug-likeness (QED) is 0.898. The standard InChI is InChI=1S/C11H16F3N3O3S/c1-7(2)17(6-11(12,13)14)10(18)9-4-8(5-16(9)3)21(15,19)20/h4-5,7H,6H2,1-3H3,(H2,15,19,20). The zero-order valence-electron chi connectivity index (χ0n) is 11.7. The van der Waals surface area contributed by atoms with Crippen LogP contribution in [0.4, 0.5) is 13.2 Å². The molecule has 0 aliphatic heterocycles. The second-order valence-corrected chi connectivity index (χ2v) is 6.42. The van der Waals surface area contributed by atoms with Crippen LogP contribution in [0.15, 0.2) is 17.2 Å². The summed E-state index contributed by atoms with van der Waals surface area (Å²) in [7, 11) is -2.68. The minimum absolute atomic E-state index is 0.183. The van der Waals surface area contributed by atoms with Gasteiger partial charge in [-0.15, -0.1) is 0 Å². The number of aromatic nitrogens is 1. The first-order valence-electron chi connectivity index (χ1n) is 5.90. The van der Waals surface area contributed by atoms with Crippen molar-refractivity contribution in [2.24, 2.45) is 12.2 Å². The summed E-state index contributed by atoms with van der Waals surface area (Å²) in [6.45, 7) is 1.46. The molecule has 0 atom stereocenters. The van der Waals surface area contributed by atoms with Crippen molar-refractivity contribution in [1.29, 1.82) is 0 Å². The SMILES string of the molecule is CC(C)N(CC(F)(F)F)C(=O)c1cc(S(N)(=O)=O)cn1C. The summed E-state index contributed by atoms with van der Waals surface area (Å²) in [5.41, 5.74) is -0.183. The molecular formula is C11H16F3N3O3S. The van der Waals surface area contributed by atoms with Gasteiger partial charge in [0.05, 0.1) is 0 Å². The summed E-state index contributed by atoms with van der Waals surface area (Å²) in [6.07, 6.45) is -3.47. The number of hydrogen-bond acceptors (Lipinski definition) is 3. The van der Waals surface area contributed by atoms with Gasteiger partial charge in [-0.05, 0) is 19.9 Å². The van der Waals surface area contributed by atoms with Gasteiger partial charge in [0.15, 0.2) is 0 Å². The Kier molecular flexibility index (Phi) is 4.73. The van der Waals surface area contributed by atoms with Gasteiger partial charge < -0.3 is 9.47 Å². The predicted molar refractivity (Wildman–Crippen MR) is 69.0 cm³/mol. The van der Waals surface area contributed by atoms with Gasteiger partial charge in [-0.3, -0.25) is 4.79 Å². The second kappa shape index (κ2) is 5.68. The number of nitrogens with zero attached hydrogens (tertiary/aromatic N) is 2. The number of nitrogens with two attached hydrogens (primary N) is 1. The molecule has 0 fully saturated rings. The molecular weight excluding hydrogens is 311 g/mol. The van der Waals surface area contributed by atoms with Crippen molar-refractivity contribution in [2.75, 3.05) is 6.54 Å². The maximum atomic E-state index is 12.5. The Morgan fingerprint density at radius 1 is 1.43 bits per heavy atom. The largest absolute Gasteiger partial charge is 0.406 e. The monoisotopic (exact) mass is 327 g/mol. The highest BCUT2D eigenvalue weighted by Crippen LogP contribution is 2.21. The minimum Gasteiger partial charge on any atom is -0.345 e. The first-order chi connectivity index (χ1) is 9.33. The van der Waals surface area contributed by atoms with Gasteiger partial charge in [0, 0.05) is 19.3 Å². The van der Waals surface area contributed by atoms with Gasteiger partial charge in [0.25, 0.3) is 5.91 Å². The first-order valence-corrected chi connectivity index (χ1v) is 7.44. The molecule has 1 rings (SSSR count). The summed E-state index contributed by atoms with van der Waals surface area (Å²) in [4.78, 5) is 12.5. The molecule has 1 heterocycles. The molecule has 0 saturated carbocycles. The van der Waals surface area contributed by atoms with Gasteiger partial charge >= 0.3 is 6.18 Å². The molecule has 0 radical (unpaired) electrons. The van der Waals surface area contributed by atoms with Crippen LogP contribution in [0.25, 0.3) is 0 Å². The van der Waals surface area contributed by atoms with E-state index in [1.165, 1.54) is 20.9 Å². The zero-order chi connectivity index (χ0) is 16.6. The number of halogens is 3. The molecule has 0 spiro atoms. The number of carbonyl (C=O) groups is 1. The number of sulfonamides is 1. The highest BCUT2D eigenvalue weighted by Gasteiger charge is 2.35. The Labute approximate surface area is 120 Å². The fraction of sp³-hybridized carbons (Fsp3) is 0.545. The minimum atomic E-state index is -4.55. The van der Waals surface area contributed by atoms with E-state index in [0.29, 0.717) is 4.90 Å². The Bertz CT molecular complexity index is 635. The molecule has 0 saturated heterocycles. The molecule has 10 heteroatoms. The van der Waals surface area contributed by atoms with Crippen molar-refractivity contribution in [3.05, 3.63) is 18.0 Å². The Morgan fingerprint density at radius 3 is 2.29 bits per heavy atom. The number of rotatable bonds is 4. The Balaban J connectivity index is 3.19. The van der Waals surface area contributed by atoms with Crippen LogP contribution >= 0.6 is 0 Å². The lowest BCUT2D eigenvalue weighted by atomic mass is 10.2. The number of primary sulfonamides is 1. The van der Waals surface area contributed by atoms with E-state index >= 15 is 0 Å². The third-order valence-electron chi connectivity index (χ3n) is 2.76. The normalized spacial score (nSPS) is 12.8. The van der Waals surface area contributed by atoms with Crippen molar-refractivity contribution in [3.63, 3.8) is 0 Å². The average Bonchev–Trinajstić information content (AvgIpc) is 2.65. The molecule has 6 nitrogen and oxygen atoms in total. The van der Waals surface area contributed by atoms with Crippen LogP contribution < -0.4 is 5.14 Å². The smallest absolute Gasteiger partial charge is 0.345 e. The summed E-state index contributed by atoms with van der Waals surface area (Å²) >= 11 is 0. The maximum Gasteiger partial charge on any atom is 0.406 e. The zero-order valence-corrected chi connectivity index (χ0v) is 12.5. The number of aryl methyl sites for hydroxylation is 1. The Morgan fingerprint density at radius 2 is 1.95 bits per heavy atom. The molecule has 120 valence electrons. The molecule has 0 aliphatic rings. The van der Waals surface area contributed by atoms with Gasteiger partial charge in [0.1, 0.15) is 17.1 Å². The highest BCUT2D eigenvalue weighted by molar-refractivity contribution is 7.89. The van der Waals surface area contributed by atoms with Crippen LogP contribution in [-0.4, -0.2) is 42.6 Å². The molecule has 1 aromatic heterocycles. The predicted octanol–water partition coefficient (Wildman–Crippen LogP) is 1.09. The average molecular weight is 327 g/mol. The van der Waals surface area contributed by atoms with E-state index in [0.717, 1.165) is 16.8 Å². The molecule has 0 unspecified atom stereocenters. The van der Waals surface area contributed by atoms with E-state index < -0.39 is 34.7 Å². The van der Waals surface area contributed by atoms with Crippen molar-refractivity contribution in [1.82, 2.24) is 9.47 Å². The molecule has 21 heavy (non-hydrogen) atoms. The highest BCUT2D eigenvalue weighted by atomic mass is 32.2. The van der Waals surface area contributed by atoms with Gasteiger partial charge in [-0.1, -0.05) is 0 Å². The number of carbonyl (C=O) groups excluding carboxylic acids is 1. The van der Waals surface area contributed by atoms with Crippen molar-refractivity contribution >= 4 is 15.9 Å². The van der Waals surface area contributed by atoms with E-state index in [2.05, 4.69) is 0 Å². The van der Waals surface area contributed by atoms with E-state index in [4.69, 9.17) is 5.14 Å². The van der Waals surface area contributed by atoms with E-state index in [1.807, 2.05) is 0 Å². The van der Waals surface area contributed by atoms with Crippen molar-refractivity contribution < 1.29 is 26.4 Å². The lowest BCUT2D eigenvalue weighted by molar-refractivity contribution is -0.143. The number of alkyl halides is 3. The number of hydrogen-bond donors (Lipinski definition) is 1. The third kappa shape index (κ3) is 4.46. The number of amides is 1. The molecule has 0 bridgehead atoms. The van der Waals surface area contributed by atoms with E-state index in [-0.39, 0.29) is 10.6 Å². The van der Waals surface area contributed by atoms with E-state index in [1.54, 1.807) is 0 Å². The van der Waals surface area contributed by atoms with Crippen molar-refractivity contribution in [3.8, 4) is 0 Å². The van der Waals surface area contributed by atoms with Crippen LogP contribution in [0.1, 0.15) is 24.3 Å². The molecule has 0 aromatic carbocycles. The van der Waals surface area contributed by atoms with Crippen molar-refractivity contribution in [2.45, 2.75) is 31.0 Å². The van der Waals surface area contributed by atoms with Gasteiger partial charge in [-0.2, -0.15) is 13.2 Å². The van der Waals surface area contributed by atoms with Crippen LogP contribution in [-0.2, 0) is 17.1 Å². The van der Waals surface area contributed by atoms with Crippen LogP contribution in [0.3, 0.4) is 0 Å². The van der Waals surface area contributed by atoms with Crippen LogP contribution in [0, 0.1) is 0 Å².